The maximum Gasteiger partial charge on any atom is 0.573 e. The number of amides is 4. The molecule has 2 aromatic carbocycles. The summed E-state index contributed by atoms with van der Waals surface area (Å²) >= 11 is 0. The lowest BCUT2D eigenvalue weighted by Crippen LogP contribution is -2.49. The van der Waals surface area contributed by atoms with Crippen molar-refractivity contribution >= 4 is 29.2 Å². The highest BCUT2D eigenvalue weighted by Gasteiger charge is 2.48. The Bertz CT molecular complexity index is 1410. The van der Waals surface area contributed by atoms with Crippen LogP contribution in [-0.4, -0.2) is 65.8 Å². The fourth-order valence-electron chi connectivity index (χ4n) is 4.91. The number of ether oxygens (including phenoxy) is 1. The Labute approximate surface area is 228 Å². The van der Waals surface area contributed by atoms with Gasteiger partial charge in [0.05, 0.1) is 5.69 Å². The third kappa shape index (κ3) is 5.70. The van der Waals surface area contributed by atoms with Crippen LogP contribution < -0.4 is 19.9 Å². The van der Waals surface area contributed by atoms with E-state index in [1.165, 1.54) is 18.3 Å². The van der Waals surface area contributed by atoms with E-state index in [0.29, 0.717) is 31.7 Å². The van der Waals surface area contributed by atoms with Crippen molar-refractivity contribution in [3.05, 3.63) is 84.2 Å². The molecule has 2 aliphatic rings. The van der Waals surface area contributed by atoms with Gasteiger partial charge in [-0.25, -0.2) is 9.69 Å². The van der Waals surface area contributed by atoms with Crippen LogP contribution >= 0.6 is 0 Å². The van der Waals surface area contributed by atoms with Gasteiger partial charge < -0.3 is 19.9 Å². The summed E-state index contributed by atoms with van der Waals surface area (Å²) in [5, 5.41) is 2.67. The molecule has 40 heavy (non-hydrogen) atoms. The Morgan fingerprint density at radius 1 is 0.975 bits per heavy atom. The average Bonchev–Trinajstić information content (AvgIpc) is 3.15. The Hall–Kier alpha value is -4.61. The van der Waals surface area contributed by atoms with Gasteiger partial charge in [0.25, 0.3) is 11.8 Å². The summed E-state index contributed by atoms with van der Waals surface area (Å²) in [6, 6.07) is 17.0. The minimum atomic E-state index is -4.86. The zero-order valence-electron chi connectivity index (χ0n) is 21.5. The number of nitrogens with one attached hydrogen (secondary N) is 1. The maximum atomic E-state index is 13.3. The largest absolute Gasteiger partial charge is 0.573 e. The molecule has 0 aliphatic carbocycles. The molecular weight excluding hydrogens is 527 g/mol. The molecule has 9 nitrogen and oxygen atoms in total. The first-order chi connectivity index (χ1) is 19.0. The molecule has 2 fully saturated rings. The van der Waals surface area contributed by atoms with Gasteiger partial charge in [0.2, 0.25) is 0 Å². The van der Waals surface area contributed by atoms with Gasteiger partial charge in [-0.3, -0.25) is 14.6 Å². The van der Waals surface area contributed by atoms with E-state index in [-0.39, 0.29) is 23.7 Å². The number of aromatic nitrogens is 1. The number of carbonyl (C=O) groups excluding carboxylic acids is 3. The van der Waals surface area contributed by atoms with Crippen molar-refractivity contribution in [3.8, 4) is 5.75 Å². The molecule has 1 unspecified atom stereocenters. The van der Waals surface area contributed by atoms with Crippen molar-refractivity contribution in [1.82, 2.24) is 15.2 Å². The van der Waals surface area contributed by atoms with Crippen molar-refractivity contribution in [2.45, 2.75) is 25.2 Å². The second-order valence-electron chi connectivity index (χ2n) is 9.79. The van der Waals surface area contributed by atoms with Crippen molar-refractivity contribution in [3.63, 3.8) is 0 Å². The Morgan fingerprint density at radius 3 is 2.30 bits per heavy atom. The minimum Gasteiger partial charge on any atom is -0.406 e. The monoisotopic (exact) mass is 553 g/mol. The first-order valence-electron chi connectivity index (χ1n) is 12.6. The second kappa shape index (κ2) is 10.5. The fourth-order valence-corrected chi connectivity index (χ4v) is 4.91. The van der Waals surface area contributed by atoms with Crippen LogP contribution in [0.1, 0.15) is 23.0 Å². The van der Waals surface area contributed by atoms with E-state index in [4.69, 9.17) is 0 Å². The number of nitrogens with zero attached hydrogens (tertiary/aromatic N) is 4. The first kappa shape index (κ1) is 27.0. The summed E-state index contributed by atoms with van der Waals surface area (Å²) in [5.41, 5.74) is 0.712. The number of piperazine rings is 1. The predicted octanol–water partition coefficient (Wildman–Crippen LogP) is 4.00. The van der Waals surface area contributed by atoms with E-state index in [0.717, 1.165) is 22.7 Å². The van der Waals surface area contributed by atoms with Gasteiger partial charge in [-0.2, -0.15) is 0 Å². The molecule has 0 radical (unpaired) electrons. The van der Waals surface area contributed by atoms with Crippen LogP contribution in [0.3, 0.4) is 0 Å². The number of hydrogen-bond acceptors (Lipinski definition) is 6. The van der Waals surface area contributed by atoms with Gasteiger partial charge in [-0.15, -0.1) is 13.2 Å². The van der Waals surface area contributed by atoms with Crippen molar-refractivity contribution in [1.29, 1.82) is 0 Å². The quantitative estimate of drug-likeness (QED) is 0.464. The topological polar surface area (TPSA) is 95.1 Å². The highest BCUT2D eigenvalue weighted by Crippen LogP contribution is 2.30. The molecule has 5 rings (SSSR count). The number of imide groups is 1. The van der Waals surface area contributed by atoms with Gasteiger partial charge in [-0.05, 0) is 61.0 Å². The zero-order valence-corrected chi connectivity index (χ0v) is 21.5. The molecule has 3 heterocycles. The molecule has 3 aromatic rings. The molecule has 2 aliphatic heterocycles. The number of halogens is 3. The van der Waals surface area contributed by atoms with Crippen LogP contribution in [0.15, 0.2) is 72.9 Å². The van der Waals surface area contributed by atoms with Crippen LogP contribution in [0.5, 0.6) is 5.75 Å². The Kier molecular flexibility index (Phi) is 7.09. The van der Waals surface area contributed by atoms with Crippen molar-refractivity contribution in [2.75, 3.05) is 36.0 Å². The van der Waals surface area contributed by atoms with Crippen LogP contribution in [0, 0.1) is 0 Å². The average molecular weight is 554 g/mol. The van der Waals surface area contributed by atoms with Crippen molar-refractivity contribution in [2.24, 2.45) is 0 Å². The highest BCUT2D eigenvalue weighted by molar-refractivity contribution is 6.23. The number of alkyl halides is 3. The molecular formula is C28H26F3N5O4. The molecule has 208 valence electrons. The van der Waals surface area contributed by atoms with Crippen LogP contribution in [0.2, 0.25) is 0 Å². The predicted molar refractivity (Wildman–Crippen MR) is 140 cm³/mol. The molecule has 1 atom stereocenters. The lowest BCUT2D eigenvalue weighted by molar-refractivity contribution is -0.274. The molecule has 2 saturated heterocycles. The molecule has 1 N–H and O–H groups in total. The summed E-state index contributed by atoms with van der Waals surface area (Å²) in [6.07, 6.45) is -3.29. The van der Waals surface area contributed by atoms with E-state index in [9.17, 15) is 27.6 Å². The van der Waals surface area contributed by atoms with Gasteiger partial charge in [-0.1, -0.05) is 18.2 Å². The molecule has 0 saturated carbocycles. The number of urea groups is 1. The van der Waals surface area contributed by atoms with Gasteiger partial charge in [0.15, 0.2) is 0 Å². The smallest absolute Gasteiger partial charge is 0.406 e. The molecule has 1 aromatic heterocycles. The molecule has 0 bridgehead atoms. The lowest BCUT2D eigenvalue weighted by atomic mass is 9.92. The Morgan fingerprint density at radius 2 is 1.65 bits per heavy atom. The van der Waals surface area contributed by atoms with E-state index in [1.54, 1.807) is 24.0 Å². The molecule has 12 heteroatoms. The normalized spacial score (nSPS) is 19.6. The SMILES string of the molecule is CC1(Cc2ccnc(C(=O)N3CCN(c4ccccc4)CC3)c2)NC(=O)N(c2ccc(OC(F)(F)F)cc2)C1=O. The van der Waals surface area contributed by atoms with Crippen molar-refractivity contribution < 1.29 is 32.3 Å². The third-order valence-corrected chi connectivity index (χ3v) is 6.88. The summed E-state index contributed by atoms with van der Waals surface area (Å²) in [6.45, 7) is 4.00. The fraction of sp³-hybridized carbons (Fsp3) is 0.286. The third-order valence-electron chi connectivity index (χ3n) is 6.88. The van der Waals surface area contributed by atoms with Crippen LogP contribution in [-0.2, 0) is 11.2 Å². The van der Waals surface area contributed by atoms with Crippen LogP contribution in [0.25, 0.3) is 0 Å². The molecule has 0 spiro atoms. The standard InChI is InChI=1S/C28H26F3N5O4/c1-27(25(38)36(26(39)33-27)21-7-9-22(10-8-21)40-28(29,30)31)18-19-11-12-32-23(17-19)24(37)35-15-13-34(14-16-35)20-5-3-2-4-6-20/h2-12,17H,13-16,18H2,1H3,(H,33,39). The van der Waals surface area contributed by atoms with Gasteiger partial charge >= 0.3 is 12.4 Å². The van der Waals surface area contributed by atoms with E-state index < -0.39 is 29.6 Å². The summed E-state index contributed by atoms with van der Waals surface area (Å²) in [5.74, 6) is -1.27. The Balaban J connectivity index is 1.25. The number of benzene rings is 2. The van der Waals surface area contributed by atoms with Crippen LogP contribution in [0.4, 0.5) is 29.3 Å². The number of pyridine rings is 1. The first-order valence-corrected chi connectivity index (χ1v) is 12.6. The number of anilines is 2. The number of rotatable bonds is 6. The zero-order chi connectivity index (χ0) is 28.5. The number of para-hydroxylation sites is 1. The molecule has 4 amide bonds. The van der Waals surface area contributed by atoms with Gasteiger partial charge in [0, 0.05) is 44.5 Å². The summed E-state index contributed by atoms with van der Waals surface area (Å²) in [7, 11) is 0. The van der Waals surface area contributed by atoms with Gasteiger partial charge in [0.1, 0.15) is 17.0 Å². The summed E-state index contributed by atoms with van der Waals surface area (Å²) < 4.78 is 41.2. The van der Waals surface area contributed by atoms with E-state index in [1.807, 2.05) is 30.3 Å². The minimum absolute atomic E-state index is 0.0773. The lowest BCUT2D eigenvalue weighted by Gasteiger charge is -2.36. The second-order valence-corrected chi connectivity index (χ2v) is 9.79. The maximum absolute atomic E-state index is 13.3. The number of carbonyl (C=O) groups is 3. The summed E-state index contributed by atoms with van der Waals surface area (Å²) in [4.78, 5) is 48.3. The highest BCUT2D eigenvalue weighted by atomic mass is 19.4. The number of hydrogen-bond donors (Lipinski definition) is 1. The van der Waals surface area contributed by atoms with E-state index in [2.05, 4.69) is 19.9 Å². The van der Waals surface area contributed by atoms with E-state index >= 15 is 0 Å².